The summed E-state index contributed by atoms with van der Waals surface area (Å²) in [5, 5.41) is 6.60. The van der Waals surface area contributed by atoms with Crippen LogP contribution in [0.25, 0.3) is 0 Å². The Bertz CT molecular complexity index is 743. The molecule has 0 radical (unpaired) electrons. The highest BCUT2D eigenvalue weighted by molar-refractivity contribution is 5.83. The molecule has 4 rings (SSSR count). The highest BCUT2D eigenvalue weighted by atomic mass is 19.1. The summed E-state index contributed by atoms with van der Waals surface area (Å²) >= 11 is 0. The molecule has 0 unspecified atom stereocenters. The Morgan fingerprint density at radius 1 is 1.08 bits per heavy atom. The van der Waals surface area contributed by atoms with E-state index in [0.29, 0.717) is 6.04 Å². The lowest BCUT2D eigenvalue weighted by Gasteiger charge is -2.23. The van der Waals surface area contributed by atoms with Crippen LogP contribution >= 0.6 is 0 Å². The minimum Gasteiger partial charge on any atom is -0.352 e. The van der Waals surface area contributed by atoms with Crippen LogP contribution in [0.1, 0.15) is 48.0 Å². The molecule has 2 aliphatic rings. The number of benzene rings is 2. The highest BCUT2D eigenvalue weighted by Crippen LogP contribution is 2.34. The molecule has 2 N–H and O–H groups in total. The average molecular weight is 324 g/mol. The Morgan fingerprint density at radius 2 is 1.88 bits per heavy atom. The molecule has 0 aromatic heterocycles. The maximum absolute atomic E-state index is 13.4. The lowest BCUT2D eigenvalue weighted by atomic mass is 10.0. The largest absolute Gasteiger partial charge is 0.352 e. The zero-order chi connectivity index (χ0) is 16.5. The molecule has 2 atom stereocenters. The molecule has 0 bridgehead atoms. The molecule has 0 aliphatic heterocycles. The average Bonchev–Trinajstić information content (AvgIpc) is 3.32. The van der Waals surface area contributed by atoms with Crippen LogP contribution in [0.3, 0.4) is 0 Å². The van der Waals surface area contributed by atoms with Gasteiger partial charge in [0.25, 0.3) is 0 Å². The fraction of sp³-hybridized carbons (Fsp3) is 0.350. The number of rotatable bonds is 5. The van der Waals surface area contributed by atoms with Crippen LogP contribution < -0.4 is 10.6 Å². The topological polar surface area (TPSA) is 41.1 Å². The van der Waals surface area contributed by atoms with E-state index in [0.717, 1.165) is 42.4 Å². The van der Waals surface area contributed by atoms with Crippen molar-refractivity contribution in [3.63, 3.8) is 0 Å². The number of carbonyl (C=O) groups excluding carboxylic acids is 1. The van der Waals surface area contributed by atoms with Crippen molar-refractivity contribution < 1.29 is 9.18 Å². The molecule has 2 aromatic rings. The summed E-state index contributed by atoms with van der Waals surface area (Å²) in [5.41, 5.74) is 3.12. The number of amides is 1. The van der Waals surface area contributed by atoms with Gasteiger partial charge in [0.2, 0.25) is 5.91 Å². The molecule has 1 fully saturated rings. The van der Waals surface area contributed by atoms with Crippen molar-refractivity contribution in [3.8, 4) is 0 Å². The van der Waals surface area contributed by atoms with E-state index < -0.39 is 0 Å². The van der Waals surface area contributed by atoms with E-state index in [1.807, 2.05) is 36.4 Å². The second-order valence-corrected chi connectivity index (χ2v) is 6.73. The van der Waals surface area contributed by atoms with E-state index in [9.17, 15) is 9.18 Å². The summed E-state index contributed by atoms with van der Waals surface area (Å²) in [4.78, 5) is 12.7. The van der Waals surface area contributed by atoms with E-state index in [1.165, 1.54) is 6.07 Å². The van der Waals surface area contributed by atoms with E-state index in [-0.39, 0.29) is 23.8 Å². The molecular formula is C20H21FN2O. The first-order valence-electron chi connectivity index (χ1n) is 8.60. The zero-order valence-electron chi connectivity index (χ0n) is 13.5. The summed E-state index contributed by atoms with van der Waals surface area (Å²) in [6.45, 7) is 0. The molecule has 124 valence electrons. The smallest absolute Gasteiger partial charge is 0.241 e. The third-order valence-corrected chi connectivity index (χ3v) is 4.87. The molecule has 0 saturated heterocycles. The van der Waals surface area contributed by atoms with Crippen molar-refractivity contribution >= 4 is 5.91 Å². The van der Waals surface area contributed by atoms with Gasteiger partial charge in [-0.3, -0.25) is 10.1 Å². The fourth-order valence-electron chi connectivity index (χ4n) is 3.44. The van der Waals surface area contributed by atoms with E-state index >= 15 is 0 Å². The Hall–Kier alpha value is -2.20. The van der Waals surface area contributed by atoms with Gasteiger partial charge < -0.3 is 5.32 Å². The number of aryl methyl sites for hydroxylation is 1. The first kappa shape index (κ1) is 15.3. The van der Waals surface area contributed by atoms with Crippen LogP contribution in [0.2, 0.25) is 0 Å². The van der Waals surface area contributed by atoms with Gasteiger partial charge in [0.15, 0.2) is 0 Å². The van der Waals surface area contributed by atoms with Gasteiger partial charge in [-0.05, 0) is 54.5 Å². The molecule has 1 saturated carbocycles. The maximum atomic E-state index is 13.4. The molecule has 0 spiro atoms. The van der Waals surface area contributed by atoms with Crippen LogP contribution in [0.15, 0.2) is 48.5 Å². The number of hydrogen-bond acceptors (Lipinski definition) is 2. The Kier molecular flexibility index (Phi) is 4.07. The Labute approximate surface area is 141 Å². The molecule has 2 aliphatic carbocycles. The monoisotopic (exact) mass is 324 g/mol. The molecule has 24 heavy (non-hydrogen) atoms. The second kappa shape index (κ2) is 6.36. The normalized spacial score (nSPS) is 20.5. The predicted octanol–water partition coefficient (Wildman–Crippen LogP) is 3.42. The number of hydrogen-bond donors (Lipinski definition) is 2. The van der Waals surface area contributed by atoms with Gasteiger partial charge in [0, 0.05) is 12.1 Å². The van der Waals surface area contributed by atoms with Crippen molar-refractivity contribution in [2.24, 2.45) is 0 Å². The molecule has 3 nitrogen and oxygen atoms in total. The summed E-state index contributed by atoms with van der Waals surface area (Å²) in [6.07, 6.45) is 3.87. The predicted molar refractivity (Wildman–Crippen MR) is 90.9 cm³/mol. The van der Waals surface area contributed by atoms with Gasteiger partial charge >= 0.3 is 0 Å². The summed E-state index contributed by atoms with van der Waals surface area (Å²) < 4.78 is 13.4. The quantitative estimate of drug-likeness (QED) is 0.885. The summed E-state index contributed by atoms with van der Waals surface area (Å²) in [5.74, 6) is -0.167. The van der Waals surface area contributed by atoms with Gasteiger partial charge in [0.05, 0.1) is 0 Å². The van der Waals surface area contributed by atoms with Crippen LogP contribution in [-0.2, 0) is 11.2 Å². The van der Waals surface area contributed by atoms with Gasteiger partial charge in [-0.2, -0.15) is 0 Å². The van der Waals surface area contributed by atoms with Gasteiger partial charge in [-0.1, -0.05) is 36.4 Å². The van der Waals surface area contributed by atoms with Crippen LogP contribution in [0, 0.1) is 5.82 Å². The summed E-state index contributed by atoms with van der Waals surface area (Å²) in [6, 6.07) is 14.8. The third kappa shape index (κ3) is 3.20. The van der Waals surface area contributed by atoms with E-state index in [2.05, 4.69) is 10.6 Å². The van der Waals surface area contributed by atoms with Crippen LogP contribution in [0.4, 0.5) is 4.39 Å². The third-order valence-electron chi connectivity index (χ3n) is 4.87. The van der Waals surface area contributed by atoms with Crippen LogP contribution in [0.5, 0.6) is 0 Å². The van der Waals surface area contributed by atoms with Crippen molar-refractivity contribution in [3.05, 3.63) is 71.0 Å². The molecule has 0 heterocycles. The molecular weight excluding hydrogens is 303 g/mol. The van der Waals surface area contributed by atoms with Crippen molar-refractivity contribution in [2.45, 2.75) is 43.8 Å². The van der Waals surface area contributed by atoms with E-state index in [1.54, 1.807) is 6.07 Å². The SMILES string of the molecule is O=C(NC1CC1)[C@@H](N[C@@H]1CCc2cc(F)ccc21)c1ccccc1. The van der Waals surface area contributed by atoms with E-state index in [4.69, 9.17) is 0 Å². The lowest BCUT2D eigenvalue weighted by Crippen LogP contribution is -2.39. The number of carbonyl (C=O) groups is 1. The van der Waals surface area contributed by atoms with Crippen molar-refractivity contribution in [2.75, 3.05) is 0 Å². The zero-order valence-corrected chi connectivity index (χ0v) is 13.5. The van der Waals surface area contributed by atoms with Gasteiger partial charge in [-0.15, -0.1) is 0 Å². The standard InChI is InChI=1S/C20H21FN2O/c21-15-7-10-17-14(12-15)6-11-18(17)23-19(13-4-2-1-3-5-13)20(24)22-16-8-9-16/h1-5,7,10,12,16,18-19,23H,6,8-9,11H2,(H,22,24)/t18-,19+/m1/s1. The Balaban J connectivity index is 1.57. The Morgan fingerprint density at radius 3 is 2.62 bits per heavy atom. The lowest BCUT2D eigenvalue weighted by molar-refractivity contribution is -0.123. The molecule has 4 heteroatoms. The minimum atomic E-state index is -0.382. The van der Waals surface area contributed by atoms with Crippen LogP contribution in [-0.4, -0.2) is 11.9 Å². The number of halogens is 1. The second-order valence-electron chi connectivity index (χ2n) is 6.73. The number of fused-ring (bicyclic) bond motifs is 1. The van der Waals surface area contributed by atoms with Crippen molar-refractivity contribution in [1.82, 2.24) is 10.6 Å². The number of nitrogens with one attached hydrogen (secondary N) is 2. The summed E-state index contributed by atoms with van der Waals surface area (Å²) in [7, 11) is 0. The maximum Gasteiger partial charge on any atom is 0.241 e. The van der Waals surface area contributed by atoms with Gasteiger partial charge in [0.1, 0.15) is 11.9 Å². The molecule has 2 aromatic carbocycles. The first-order valence-corrected chi connectivity index (χ1v) is 8.60. The first-order chi connectivity index (χ1) is 11.7. The van der Waals surface area contributed by atoms with Crippen molar-refractivity contribution in [1.29, 1.82) is 0 Å². The highest BCUT2D eigenvalue weighted by Gasteiger charge is 2.32. The van der Waals surface area contributed by atoms with Gasteiger partial charge in [-0.25, -0.2) is 4.39 Å². The minimum absolute atomic E-state index is 0.0271. The fourth-order valence-corrected chi connectivity index (χ4v) is 3.44. The molecule has 1 amide bonds.